The Morgan fingerprint density at radius 2 is 1.86 bits per heavy atom. The van der Waals surface area contributed by atoms with Crippen molar-refractivity contribution in [1.82, 2.24) is 5.32 Å². The van der Waals surface area contributed by atoms with Crippen LogP contribution >= 0.6 is 11.6 Å². The fourth-order valence-corrected chi connectivity index (χ4v) is 3.01. The number of carbonyl (C=O) groups is 2. The van der Waals surface area contributed by atoms with Crippen LogP contribution in [0, 0.1) is 11.8 Å². The van der Waals surface area contributed by atoms with E-state index in [4.69, 9.17) is 11.6 Å². The van der Waals surface area contributed by atoms with Gasteiger partial charge in [0.1, 0.15) is 0 Å². The number of allylic oxidation sites excluding steroid dienone is 2. The molecule has 0 fully saturated rings. The molecule has 2 atom stereocenters. The van der Waals surface area contributed by atoms with E-state index in [1.165, 1.54) is 0 Å². The summed E-state index contributed by atoms with van der Waals surface area (Å²) in [4.78, 5) is 23.8. The second-order valence-corrected chi connectivity index (χ2v) is 6.30. The topological polar surface area (TPSA) is 66.4 Å². The zero-order valence-electron chi connectivity index (χ0n) is 12.7. The van der Waals surface area contributed by atoms with E-state index >= 15 is 0 Å². The first-order valence-corrected chi connectivity index (χ1v) is 7.66. The van der Waals surface area contributed by atoms with Crippen molar-refractivity contribution in [3.05, 3.63) is 46.0 Å². The number of carboxylic acids is 1. The summed E-state index contributed by atoms with van der Waals surface area (Å²) in [5.74, 6) is -2.28. The Morgan fingerprint density at radius 1 is 1.23 bits per heavy atom. The Kier molecular flexibility index (Phi) is 5.24. The Morgan fingerprint density at radius 3 is 2.45 bits per heavy atom. The van der Waals surface area contributed by atoms with Crippen LogP contribution < -0.4 is 5.32 Å². The van der Waals surface area contributed by atoms with Crippen LogP contribution in [-0.4, -0.2) is 17.0 Å². The predicted octanol–water partition coefficient (Wildman–Crippen LogP) is 3.40. The Bertz CT molecular complexity index is 624. The highest BCUT2D eigenvalue weighted by molar-refractivity contribution is 6.30. The number of hydrogen-bond acceptors (Lipinski definition) is 2. The van der Waals surface area contributed by atoms with Gasteiger partial charge in [-0.3, -0.25) is 9.59 Å². The molecule has 0 aromatic heterocycles. The van der Waals surface area contributed by atoms with E-state index in [9.17, 15) is 14.7 Å². The predicted molar refractivity (Wildman–Crippen MR) is 85.5 cm³/mol. The summed E-state index contributed by atoms with van der Waals surface area (Å²) in [5.41, 5.74) is 3.08. The third kappa shape index (κ3) is 3.89. The summed E-state index contributed by atoms with van der Waals surface area (Å²) >= 11 is 5.91. The van der Waals surface area contributed by atoms with Gasteiger partial charge in [-0.15, -0.1) is 0 Å². The van der Waals surface area contributed by atoms with Gasteiger partial charge in [-0.05, 0) is 44.4 Å². The van der Waals surface area contributed by atoms with Crippen LogP contribution in [-0.2, 0) is 16.1 Å². The molecule has 0 saturated carbocycles. The number of hydrogen-bond donors (Lipinski definition) is 2. The largest absolute Gasteiger partial charge is 0.481 e. The molecule has 1 aliphatic carbocycles. The molecule has 0 spiro atoms. The van der Waals surface area contributed by atoms with Gasteiger partial charge >= 0.3 is 5.97 Å². The standard InChI is InChI=1S/C17H20ClNO3/c1-10-6-14(15(17(21)22)7-11(10)2)16(20)19-9-12-4-3-5-13(18)8-12/h3-5,8,14-15H,6-7,9H2,1-2H3,(H,19,20)(H,21,22)/t14-,15+/m0/s1. The first-order chi connectivity index (χ1) is 10.4. The van der Waals surface area contributed by atoms with Gasteiger partial charge in [-0.1, -0.05) is 34.9 Å². The third-order valence-corrected chi connectivity index (χ3v) is 4.51. The number of benzene rings is 1. The fraction of sp³-hybridized carbons (Fsp3) is 0.412. The van der Waals surface area contributed by atoms with E-state index in [1.807, 2.05) is 26.0 Å². The van der Waals surface area contributed by atoms with Crippen molar-refractivity contribution < 1.29 is 14.7 Å². The minimum absolute atomic E-state index is 0.209. The van der Waals surface area contributed by atoms with Crippen molar-refractivity contribution in [2.45, 2.75) is 33.2 Å². The van der Waals surface area contributed by atoms with E-state index < -0.39 is 17.8 Å². The van der Waals surface area contributed by atoms with Gasteiger partial charge in [0.2, 0.25) is 5.91 Å². The van der Waals surface area contributed by atoms with Crippen molar-refractivity contribution >= 4 is 23.5 Å². The molecule has 0 unspecified atom stereocenters. The van der Waals surface area contributed by atoms with E-state index in [0.717, 1.165) is 16.7 Å². The highest BCUT2D eigenvalue weighted by Crippen LogP contribution is 2.34. The Balaban J connectivity index is 2.05. The van der Waals surface area contributed by atoms with Gasteiger partial charge < -0.3 is 10.4 Å². The van der Waals surface area contributed by atoms with Crippen LogP contribution in [0.3, 0.4) is 0 Å². The Labute approximate surface area is 135 Å². The van der Waals surface area contributed by atoms with E-state index in [2.05, 4.69) is 5.32 Å². The molecule has 0 bridgehead atoms. The number of nitrogens with one attached hydrogen (secondary N) is 1. The van der Waals surface area contributed by atoms with Crippen LogP contribution in [0.15, 0.2) is 35.4 Å². The highest BCUT2D eigenvalue weighted by Gasteiger charge is 2.37. The second-order valence-electron chi connectivity index (χ2n) is 5.87. The summed E-state index contributed by atoms with van der Waals surface area (Å²) in [6, 6.07) is 7.25. The van der Waals surface area contributed by atoms with Crippen molar-refractivity contribution in [2.24, 2.45) is 11.8 Å². The molecule has 118 valence electrons. The third-order valence-electron chi connectivity index (χ3n) is 4.28. The zero-order chi connectivity index (χ0) is 16.3. The minimum atomic E-state index is -0.908. The molecule has 1 aromatic rings. The monoisotopic (exact) mass is 321 g/mol. The summed E-state index contributed by atoms with van der Waals surface area (Å²) in [5, 5.41) is 12.8. The van der Waals surface area contributed by atoms with Gasteiger partial charge in [-0.25, -0.2) is 0 Å². The maximum absolute atomic E-state index is 12.4. The lowest BCUT2D eigenvalue weighted by atomic mass is 9.76. The van der Waals surface area contributed by atoms with Crippen LogP contribution in [0.2, 0.25) is 5.02 Å². The lowest BCUT2D eigenvalue weighted by Crippen LogP contribution is -2.39. The number of amides is 1. The Hall–Kier alpha value is -1.81. The van der Waals surface area contributed by atoms with E-state index in [1.54, 1.807) is 12.1 Å². The number of carbonyl (C=O) groups excluding carboxylic acids is 1. The average Bonchev–Trinajstić information content (AvgIpc) is 2.47. The minimum Gasteiger partial charge on any atom is -0.481 e. The zero-order valence-corrected chi connectivity index (χ0v) is 13.5. The maximum atomic E-state index is 12.4. The maximum Gasteiger partial charge on any atom is 0.307 e. The van der Waals surface area contributed by atoms with Crippen molar-refractivity contribution in [3.8, 4) is 0 Å². The molecule has 5 heteroatoms. The van der Waals surface area contributed by atoms with Crippen molar-refractivity contribution in [3.63, 3.8) is 0 Å². The molecule has 0 heterocycles. The molecule has 0 aliphatic heterocycles. The van der Waals surface area contributed by atoms with Gasteiger partial charge in [0.15, 0.2) is 0 Å². The molecule has 1 aromatic carbocycles. The molecule has 4 nitrogen and oxygen atoms in total. The first kappa shape index (κ1) is 16.6. The number of halogens is 1. The summed E-state index contributed by atoms with van der Waals surface area (Å²) in [6.07, 6.45) is 0.945. The molecule has 2 N–H and O–H groups in total. The molecule has 1 amide bonds. The average molecular weight is 322 g/mol. The summed E-state index contributed by atoms with van der Waals surface area (Å²) < 4.78 is 0. The number of aliphatic carboxylic acids is 1. The highest BCUT2D eigenvalue weighted by atomic mass is 35.5. The summed E-state index contributed by atoms with van der Waals surface area (Å²) in [6.45, 7) is 4.25. The first-order valence-electron chi connectivity index (χ1n) is 7.28. The van der Waals surface area contributed by atoms with Crippen LogP contribution in [0.1, 0.15) is 32.3 Å². The van der Waals surface area contributed by atoms with E-state index in [0.29, 0.717) is 24.4 Å². The molecular weight excluding hydrogens is 302 g/mol. The van der Waals surface area contributed by atoms with E-state index in [-0.39, 0.29) is 5.91 Å². The van der Waals surface area contributed by atoms with Crippen LogP contribution in [0.25, 0.3) is 0 Å². The SMILES string of the molecule is CC1=C(C)C[C@@H](C(=O)O)[C@@H](C(=O)NCc2cccc(Cl)c2)C1. The van der Waals surface area contributed by atoms with Crippen LogP contribution in [0.5, 0.6) is 0 Å². The number of carboxylic acid groups (broad SMARTS) is 1. The van der Waals surface area contributed by atoms with Gasteiger partial charge in [0.25, 0.3) is 0 Å². The normalized spacial score (nSPS) is 21.6. The van der Waals surface area contributed by atoms with Crippen molar-refractivity contribution in [2.75, 3.05) is 0 Å². The van der Waals surface area contributed by atoms with Crippen LogP contribution in [0.4, 0.5) is 0 Å². The summed E-state index contributed by atoms with van der Waals surface area (Å²) in [7, 11) is 0. The quantitative estimate of drug-likeness (QED) is 0.835. The molecule has 0 radical (unpaired) electrons. The molecule has 2 rings (SSSR count). The van der Waals surface area contributed by atoms with Gasteiger partial charge in [-0.2, -0.15) is 0 Å². The van der Waals surface area contributed by atoms with Gasteiger partial charge in [0, 0.05) is 11.6 Å². The molecule has 22 heavy (non-hydrogen) atoms. The molecule has 1 aliphatic rings. The van der Waals surface area contributed by atoms with Crippen molar-refractivity contribution in [1.29, 1.82) is 0 Å². The fourth-order valence-electron chi connectivity index (χ4n) is 2.79. The lowest BCUT2D eigenvalue weighted by molar-refractivity contribution is -0.147. The lowest BCUT2D eigenvalue weighted by Gasteiger charge is -2.29. The second kappa shape index (κ2) is 6.97. The smallest absolute Gasteiger partial charge is 0.307 e. The van der Waals surface area contributed by atoms with Gasteiger partial charge in [0.05, 0.1) is 11.8 Å². The number of rotatable bonds is 4. The molecule has 0 saturated heterocycles. The molecular formula is C17H20ClNO3.